The van der Waals surface area contributed by atoms with Gasteiger partial charge in [0.25, 0.3) is 5.69 Å². The molecule has 0 aliphatic carbocycles. The van der Waals surface area contributed by atoms with Gasteiger partial charge in [0.15, 0.2) is 0 Å². The summed E-state index contributed by atoms with van der Waals surface area (Å²) in [5.74, 6) is -1.11. The second kappa shape index (κ2) is 5.35. The van der Waals surface area contributed by atoms with Crippen LogP contribution in [0.25, 0.3) is 0 Å². The van der Waals surface area contributed by atoms with Crippen molar-refractivity contribution in [3.8, 4) is 0 Å². The molecule has 2 N–H and O–H groups in total. The van der Waals surface area contributed by atoms with Crippen molar-refractivity contribution in [2.24, 2.45) is 5.73 Å². The summed E-state index contributed by atoms with van der Waals surface area (Å²) in [6.07, 6.45) is 0. The molecule has 1 aromatic carbocycles. The molecule has 0 aliphatic rings. The fourth-order valence-electron chi connectivity index (χ4n) is 1.47. The minimum Gasteiger partial charge on any atom is -0.369 e. The van der Waals surface area contributed by atoms with E-state index in [1.165, 1.54) is 4.90 Å². The number of amides is 1. The van der Waals surface area contributed by atoms with E-state index in [1.807, 2.05) is 0 Å². The number of hydrogen-bond donors (Lipinski definition) is 1. The zero-order valence-corrected chi connectivity index (χ0v) is 9.22. The molecule has 92 valence electrons. The van der Waals surface area contributed by atoms with E-state index in [4.69, 9.17) is 5.73 Å². The average Bonchev–Trinajstić information content (AvgIpc) is 2.15. The maximum atomic E-state index is 13.0. The van der Waals surface area contributed by atoms with Crippen LogP contribution in [-0.2, 0) is 11.3 Å². The van der Waals surface area contributed by atoms with Crippen molar-refractivity contribution in [1.82, 2.24) is 4.90 Å². The van der Waals surface area contributed by atoms with Crippen LogP contribution in [0.3, 0.4) is 0 Å². The number of primary amides is 1. The van der Waals surface area contributed by atoms with Gasteiger partial charge in [-0.1, -0.05) is 0 Å². The molecule has 0 heterocycles. The van der Waals surface area contributed by atoms with Gasteiger partial charge in [-0.3, -0.25) is 19.8 Å². The lowest BCUT2D eigenvalue weighted by molar-refractivity contribution is -0.385. The molecule has 0 radical (unpaired) electrons. The van der Waals surface area contributed by atoms with Gasteiger partial charge in [0.2, 0.25) is 5.91 Å². The van der Waals surface area contributed by atoms with Gasteiger partial charge in [-0.05, 0) is 19.2 Å². The van der Waals surface area contributed by atoms with Crippen molar-refractivity contribution in [2.45, 2.75) is 6.54 Å². The van der Waals surface area contributed by atoms with Gasteiger partial charge < -0.3 is 5.73 Å². The molecule has 0 saturated carbocycles. The number of benzene rings is 1. The maximum absolute atomic E-state index is 13.0. The molecule has 0 bridgehead atoms. The highest BCUT2D eigenvalue weighted by Gasteiger charge is 2.16. The molecule has 0 aliphatic heterocycles. The van der Waals surface area contributed by atoms with Crippen LogP contribution < -0.4 is 5.73 Å². The minimum atomic E-state index is -0.590. The topological polar surface area (TPSA) is 89.5 Å². The first-order chi connectivity index (χ1) is 7.90. The van der Waals surface area contributed by atoms with E-state index in [0.29, 0.717) is 0 Å². The lowest BCUT2D eigenvalue weighted by Crippen LogP contribution is -2.30. The largest absolute Gasteiger partial charge is 0.369 e. The summed E-state index contributed by atoms with van der Waals surface area (Å²) < 4.78 is 13.0. The van der Waals surface area contributed by atoms with E-state index in [-0.39, 0.29) is 24.3 Å². The van der Waals surface area contributed by atoms with E-state index in [9.17, 15) is 19.3 Å². The number of nitro groups is 1. The van der Waals surface area contributed by atoms with Gasteiger partial charge in [-0.25, -0.2) is 4.39 Å². The van der Waals surface area contributed by atoms with Crippen LogP contribution in [0.15, 0.2) is 18.2 Å². The number of nitro benzene ring substituents is 1. The molecule has 6 nitrogen and oxygen atoms in total. The summed E-state index contributed by atoms with van der Waals surface area (Å²) in [4.78, 5) is 22.3. The van der Waals surface area contributed by atoms with Gasteiger partial charge in [-0.2, -0.15) is 0 Å². The Kier molecular flexibility index (Phi) is 4.11. The Hall–Kier alpha value is -2.02. The van der Waals surface area contributed by atoms with E-state index in [2.05, 4.69) is 0 Å². The number of likely N-dealkylation sites (N-methyl/N-ethyl adjacent to an activating group) is 1. The highest BCUT2D eigenvalue weighted by molar-refractivity contribution is 5.75. The quantitative estimate of drug-likeness (QED) is 0.605. The Morgan fingerprint density at radius 3 is 2.76 bits per heavy atom. The van der Waals surface area contributed by atoms with Crippen molar-refractivity contribution in [3.05, 3.63) is 39.7 Å². The zero-order valence-electron chi connectivity index (χ0n) is 9.22. The van der Waals surface area contributed by atoms with Crippen LogP contribution in [0.1, 0.15) is 5.56 Å². The molecule has 0 aromatic heterocycles. The Balaban J connectivity index is 2.92. The van der Waals surface area contributed by atoms with Crippen molar-refractivity contribution < 1.29 is 14.1 Å². The monoisotopic (exact) mass is 241 g/mol. The molecule has 0 fully saturated rings. The smallest absolute Gasteiger partial charge is 0.274 e. The predicted molar refractivity (Wildman–Crippen MR) is 58.6 cm³/mol. The molecular weight excluding hydrogens is 229 g/mol. The first-order valence-corrected chi connectivity index (χ1v) is 4.80. The first kappa shape index (κ1) is 13.0. The summed E-state index contributed by atoms with van der Waals surface area (Å²) in [6, 6.07) is 3.20. The Labute approximate surface area is 97.0 Å². The molecule has 1 amide bonds. The highest BCUT2D eigenvalue weighted by atomic mass is 19.1. The number of nitrogens with two attached hydrogens (primary N) is 1. The lowest BCUT2D eigenvalue weighted by Gasteiger charge is -2.14. The Morgan fingerprint density at radius 1 is 1.59 bits per heavy atom. The van der Waals surface area contributed by atoms with Crippen molar-refractivity contribution in [1.29, 1.82) is 0 Å². The molecule has 1 rings (SSSR count). The van der Waals surface area contributed by atoms with Crippen LogP contribution in [0.5, 0.6) is 0 Å². The number of rotatable bonds is 5. The summed E-state index contributed by atoms with van der Waals surface area (Å²) in [5.41, 5.74) is 5.02. The molecule has 17 heavy (non-hydrogen) atoms. The molecular formula is C10H12FN3O3. The molecule has 0 unspecified atom stereocenters. The molecule has 0 atom stereocenters. The Bertz CT molecular complexity index is 450. The highest BCUT2D eigenvalue weighted by Crippen LogP contribution is 2.20. The van der Waals surface area contributed by atoms with Crippen LogP contribution in [-0.4, -0.2) is 29.3 Å². The zero-order chi connectivity index (χ0) is 13.0. The van der Waals surface area contributed by atoms with Gasteiger partial charge >= 0.3 is 0 Å². The third-order valence-electron chi connectivity index (χ3n) is 2.10. The Morgan fingerprint density at radius 2 is 2.24 bits per heavy atom. The second-order valence-electron chi connectivity index (χ2n) is 3.67. The number of halogens is 1. The van der Waals surface area contributed by atoms with E-state index in [1.54, 1.807) is 7.05 Å². The molecule has 1 aromatic rings. The van der Waals surface area contributed by atoms with E-state index >= 15 is 0 Å². The number of carbonyl (C=O) groups excluding carboxylic acids is 1. The van der Waals surface area contributed by atoms with Crippen LogP contribution in [0.2, 0.25) is 0 Å². The third-order valence-corrected chi connectivity index (χ3v) is 2.10. The van der Waals surface area contributed by atoms with Gasteiger partial charge in [-0.15, -0.1) is 0 Å². The summed E-state index contributed by atoms with van der Waals surface area (Å²) in [6.45, 7) is 0.0324. The standard InChI is InChI=1S/C10H12FN3O3/c1-13(6-10(12)15)5-7-4-8(11)2-3-9(7)14(16)17/h2-4H,5-6H2,1H3,(H2,12,15). The van der Waals surface area contributed by atoms with Crippen molar-refractivity contribution >= 4 is 11.6 Å². The summed E-state index contributed by atoms with van der Waals surface area (Å²) in [7, 11) is 1.57. The van der Waals surface area contributed by atoms with Crippen LogP contribution in [0, 0.1) is 15.9 Å². The summed E-state index contributed by atoms with van der Waals surface area (Å²) in [5, 5.41) is 10.7. The molecule has 7 heteroatoms. The average molecular weight is 241 g/mol. The van der Waals surface area contributed by atoms with Crippen LogP contribution >= 0.6 is 0 Å². The van der Waals surface area contributed by atoms with Crippen molar-refractivity contribution in [3.63, 3.8) is 0 Å². The second-order valence-corrected chi connectivity index (χ2v) is 3.67. The number of hydrogen-bond acceptors (Lipinski definition) is 4. The summed E-state index contributed by atoms with van der Waals surface area (Å²) >= 11 is 0. The minimum absolute atomic E-state index is 0.0479. The van der Waals surface area contributed by atoms with Crippen molar-refractivity contribution in [2.75, 3.05) is 13.6 Å². The van der Waals surface area contributed by atoms with E-state index in [0.717, 1.165) is 18.2 Å². The maximum Gasteiger partial charge on any atom is 0.274 e. The van der Waals surface area contributed by atoms with E-state index < -0.39 is 16.6 Å². The first-order valence-electron chi connectivity index (χ1n) is 4.80. The van der Waals surface area contributed by atoms with Gasteiger partial charge in [0, 0.05) is 18.2 Å². The van der Waals surface area contributed by atoms with Gasteiger partial charge in [0.1, 0.15) is 5.82 Å². The fourth-order valence-corrected chi connectivity index (χ4v) is 1.47. The number of nitrogens with zero attached hydrogens (tertiary/aromatic N) is 2. The number of carbonyl (C=O) groups is 1. The lowest BCUT2D eigenvalue weighted by atomic mass is 10.1. The predicted octanol–water partition coefficient (Wildman–Crippen LogP) is 0.651. The van der Waals surface area contributed by atoms with Crippen LogP contribution in [0.4, 0.5) is 10.1 Å². The molecule has 0 saturated heterocycles. The third kappa shape index (κ3) is 3.80. The van der Waals surface area contributed by atoms with Gasteiger partial charge in [0.05, 0.1) is 11.5 Å². The normalized spacial score (nSPS) is 10.5. The molecule has 0 spiro atoms. The fraction of sp³-hybridized carbons (Fsp3) is 0.300. The SMILES string of the molecule is CN(CC(N)=O)Cc1cc(F)ccc1[N+](=O)[O-].